The third kappa shape index (κ3) is 3.10. The van der Waals surface area contributed by atoms with Gasteiger partial charge in [-0.05, 0) is 32.6 Å². The molecule has 1 heterocycles. The molecule has 1 saturated carbocycles. The van der Waals surface area contributed by atoms with Gasteiger partial charge in [0.15, 0.2) is 0 Å². The molecule has 0 unspecified atom stereocenters. The number of aromatic nitrogens is 2. The molecule has 1 aromatic rings. The molecule has 1 fully saturated rings. The second-order valence-corrected chi connectivity index (χ2v) is 4.67. The van der Waals surface area contributed by atoms with Crippen LogP contribution in [0.25, 0.3) is 0 Å². The molecular weight excluding hydrogens is 248 g/mol. The van der Waals surface area contributed by atoms with E-state index in [4.69, 9.17) is 4.74 Å². The summed E-state index contributed by atoms with van der Waals surface area (Å²) in [5.74, 6) is 0.419. The number of nitrogens with zero attached hydrogens (tertiary/aromatic N) is 3. The van der Waals surface area contributed by atoms with Crippen molar-refractivity contribution < 1.29 is 9.66 Å². The zero-order valence-corrected chi connectivity index (χ0v) is 11.2. The average Bonchev–Trinajstić information content (AvgIpc) is 2.38. The minimum Gasteiger partial charge on any atom is -0.469 e. The maximum absolute atomic E-state index is 11.1. The second-order valence-electron chi connectivity index (χ2n) is 4.67. The topological polar surface area (TPSA) is 90.2 Å². The van der Waals surface area contributed by atoms with Crippen LogP contribution in [-0.2, 0) is 0 Å². The Hall–Kier alpha value is -1.92. The molecule has 0 saturated heterocycles. The van der Waals surface area contributed by atoms with Gasteiger partial charge >= 0.3 is 5.69 Å². The Balaban J connectivity index is 2.29. The molecule has 0 aromatic carbocycles. The lowest BCUT2D eigenvalue weighted by Crippen LogP contribution is -2.21. The first kappa shape index (κ1) is 13.5. The van der Waals surface area contributed by atoms with Gasteiger partial charge in [0.05, 0.1) is 4.92 Å². The summed E-state index contributed by atoms with van der Waals surface area (Å²) in [4.78, 5) is 18.7. The molecule has 0 spiro atoms. The Morgan fingerprint density at radius 3 is 2.58 bits per heavy atom. The fraction of sp³-hybridized carbons (Fsp3) is 0.667. The van der Waals surface area contributed by atoms with Crippen LogP contribution < -0.4 is 10.1 Å². The summed E-state index contributed by atoms with van der Waals surface area (Å²) in [5, 5.41) is 13.9. The van der Waals surface area contributed by atoms with Gasteiger partial charge in [0.1, 0.15) is 11.8 Å². The standard InChI is InChI=1S/C12H18N4O3/c1-8-10(16(17)18)11(15-12(13-2)14-8)19-9-6-4-3-5-7-9/h9H,3-7H2,1-2H3,(H,13,14,15). The van der Waals surface area contributed by atoms with E-state index in [1.54, 1.807) is 14.0 Å². The minimum atomic E-state index is -0.479. The summed E-state index contributed by atoms with van der Waals surface area (Å²) in [5.41, 5.74) is 0.180. The molecule has 1 aromatic heterocycles. The molecule has 1 aliphatic carbocycles. The summed E-state index contributed by atoms with van der Waals surface area (Å²) >= 11 is 0. The van der Waals surface area contributed by atoms with Crippen LogP contribution in [0.3, 0.4) is 0 Å². The Morgan fingerprint density at radius 1 is 1.32 bits per heavy atom. The first-order chi connectivity index (χ1) is 9.11. The number of anilines is 1. The number of hydrogen-bond donors (Lipinski definition) is 1. The molecule has 0 amide bonds. The van der Waals surface area contributed by atoms with Crippen LogP contribution in [-0.4, -0.2) is 28.0 Å². The summed E-state index contributed by atoms with van der Waals surface area (Å²) in [6, 6.07) is 0. The van der Waals surface area contributed by atoms with E-state index in [2.05, 4.69) is 15.3 Å². The van der Waals surface area contributed by atoms with Gasteiger partial charge in [-0.3, -0.25) is 10.1 Å². The number of aryl methyl sites for hydroxylation is 1. The van der Waals surface area contributed by atoms with E-state index in [0.717, 1.165) is 25.7 Å². The fourth-order valence-corrected chi connectivity index (χ4v) is 2.29. The molecule has 104 valence electrons. The molecular formula is C12H18N4O3. The monoisotopic (exact) mass is 266 g/mol. The van der Waals surface area contributed by atoms with Crippen LogP contribution in [0.5, 0.6) is 5.88 Å². The molecule has 7 heteroatoms. The number of rotatable bonds is 4. The zero-order valence-electron chi connectivity index (χ0n) is 11.2. The number of hydrogen-bond acceptors (Lipinski definition) is 6. The van der Waals surface area contributed by atoms with E-state index in [0.29, 0.717) is 11.6 Å². The largest absolute Gasteiger partial charge is 0.469 e. The van der Waals surface area contributed by atoms with Crippen molar-refractivity contribution in [2.45, 2.75) is 45.1 Å². The normalized spacial score (nSPS) is 16.1. The summed E-state index contributed by atoms with van der Waals surface area (Å²) < 4.78 is 5.74. The lowest BCUT2D eigenvalue weighted by atomic mass is 9.98. The number of nitrogens with one attached hydrogen (secondary N) is 1. The Morgan fingerprint density at radius 2 is 2.00 bits per heavy atom. The lowest BCUT2D eigenvalue weighted by Gasteiger charge is -2.22. The van der Waals surface area contributed by atoms with Gasteiger partial charge in [-0.15, -0.1) is 0 Å². The maximum Gasteiger partial charge on any atom is 0.352 e. The molecule has 0 radical (unpaired) electrons. The van der Waals surface area contributed by atoms with Gasteiger partial charge < -0.3 is 10.1 Å². The average molecular weight is 266 g/mol. The number of ether oxygens (including phenoxy) is 1. The number of nitro groups is 1. The highest BCUT2D eigenvalue weighted by molar-refractivity contribution is 5.48. The summed E-state index contributed by atoms with van der Waals surface area (Å²) in [6.45, 7) is 1.59. The van der Waals surface area contributed by atoms with Crippen LogP contribution in [0.4, 0.5) is 11.6 Å². The van der Waals surface area contributed by atoms with Crippen molar-refractivity contribution in [3.63, 3.8) is 0 Å². The molecule has 0 bridgehead atoms. The molecule has 1 aliphatic rings. The van der Waals surface area contributed by atoms with Gasteiger partial charge in [-0.1, -0.05) is 6.42 Å². The van der Waals surface area contributed by atoms with E-state index in [-0.39, 0.29) is 17.7 Å². The quantitative estimate of drug-likeness (QED) is 0.665. The molecule has 0 aliphatic heterocycles. The van der Waals surface area contributed by atoms with E-state index in [1.165, 1.54) is 6.42 Å². The molecule has 2 rings (SSSR count). The Bertz CT molecular complexity index is 472. The zero-order chi connectivity index (χ0) is 13.8. The summed E-state index contributed by atoms with van der Waals surface area (Å²) in [6.07, 6.45) is 5.27. The third-order valence-electron chi connectivity index (χ3n) is 3.26. The van der Waals surface area contributed by atoms with Crippen molar-refractivity contribution in [1.82, 2.24) is 9.97 Å². The summed E-state index contributed by atoms with van der Waals surface area (Å²) in [7, 11) is 1.67. The predicted octanol–water partition coefficient (Wildman–Crippen LogP) is 2.45. The van der Waals surface area contributed by atoms with Gasteiger partial charge in [0, 0.05) is 7.05 Å². The van der Waals surface area contributed by atoms with Crippen LogP contribution in [0.1, 0.15) is 37.8 Å². The van der Waals surface area contributed by atoms with Crippen molar-refractivity contribution in [2.75, 3.05) is 12.4 Å². The predicted molar refractivity (Wildman–Crippen MR) is 70.5 cm³/mol. The van der Waals surface area contributed by atoms with Gasteiger partial charge in [-0.25, -0.2) is 4.98 Å². The molecule has 7 nitrogen and oxygen atoms in total. The maximum atomic E-state index is 11.1. The smallest absolute Gasteiger partial charge is 0.352 e. The Labute approximate surface area is 111 Å². The fourth-order valence-electron chi connectivity index (χ4n) is 2.29. The minimum absolute atomic E-state index is 0.0199. The lowest BCUT2D eigenvalue weighted by molar-refractivity contribution is -0.387. The van der Waals surface area contributed by atoms with Crippen LogP contribution >= 0.6 is 0 Å². The van der Waals surface area contributed by atoms with Crippen molar-refractivity contribution >= 4 is 11.6 Å². The van der Waals surface area contributed by atoms with Crippen LogP contribution in [0.2, 0.25) is 0 Å². The first-order valence-electron chi connectivity index (χ1n) is 6.49. The Kier molecular flexibility index (Phi) is 4.13. The van der Waals surface area contributed by atoms with Crippen molar-refractivity contribution in [1.29, 1.82) is 0 Å². The van der Waals surface area contributed by atoms with E-state index in [1.807, 2.05) is 0 Å². The highest BCUT2D eigenvalue weighted by atomic mass is 16.6. The van der Waals surface area contributed by atoms with E-state index >= 15 is 0 Å². The molecule has 19 heavy (non-hydrogen) atoms. The molecule has 0 atom stereocenters. The third-order valence-corrected chi connectivity index (χ3v) is 3.26. The van der Waals surface area contributed by atoms with Crippen molar-refractivity contribution in [3.8, 4) is 5.88 Å². The van der Waals surface area contributed by atoms with Gasteiger partial charge in [-0.2, -0.15) is 4.98 Å². The molecule has 1 N–H and O–H groups in total. The van der Waals surface area contributed by atoms with Crippen molar-refractivity contribution in [2.24, 2.45) is 0 Å². The van der Waals surface area contributed by atoms with Crippen LogP contribution in [0, 0.1) is 17.0 Å². The first-order valence-corrected chi connectivity index (χ1v) is 6.49. The highest BCUT2D eigenvalue weighted by Crippen LogP contribution is 2.31. The van der Waals surface area contributed by atoms with Gasteiger partial charge in [0.25, 0.3) is 5.88 Å². The highest BCUT2D eigenvalue weighted by Gasteiger charge is 2.26. The van der Waals surface area contributed by atoms with Crippen LogP contribution in [0.15, 0.2) is 0 Å². The second kappa shape index (κ2) is 5.81. The van der Waals surface area contributed by atoms with E-state index in [9.17, 15) is 10.1 Å². The van der Waals surface area contributed by atoms with Crippen molar-refractivity contribution in [3.05, 3.63) is 15.8 Å². The SMILES string of the molecule is CNc1nc(C)c([N+](=O)[O-])c(OC2CCCCC2)n1. The van der Waals surface area contributed by atoms with E-state index < -0.39 is 4.92 Å². The van der Waals surface area contributed by atoms with Gasteiger partial charge in [0.2, 0.25) is 5.95 Å².